The van der Waals surface area contributed by atoms with Gasteiger partial charge in [-0.25, -0.2) is 0 Å². The van der Waals surface area contributed by atoms with E-state index in [0.717, 1.165) is 18.4 Å². The summed E-state index contributed by atoms with van der Waals surface area (Å²) < 4.78 is 0. The van der Waals surface area contributed by atoms with Crippen LogP contribution in [0.25, 0.3) is 0 Å². The summed E-state index contributed by atoms with van der Waals surface area (Å²) in [5, 5.41) is 9.14. The first kappa shape index (κ1) is 10.2. The molecule has 2 rings (SSSR count). The van der Waals surface area contributed by atoms with Gasteiger partial charge in [-0.2, -0.15) is 0 Å². The van der Waals surface area contributed by atoms with E-state index in [1.54, 1.807) is 0 Å². The van der Waals surface area contributed by atoms with Crippen molar-refractivity contribution in [3.05, 3.63) is 35.4 Å². The zero-order chi connectivity index (χ0) is 11.1. The molecule has 1 aliphatic rings. The number of carboxylic acid groups (broad SMARTS) is 1. The summed E-state index contributed by atoms with van der Waals surface area (Å²) in [6.07, 6.45) is 1.56. The van der Waals surface area contributed by atoms with E-state index < -0.39 is 11.4 Å². The van der Waals surface area contributed by atoms with Gasteiger partial charge in [-0.05, 0) is 29.9 Å². The van der Waals surface area contributed by atoms with Crippen LogP contribution in [0.2, 0.25) is 0 Å². The average Bonchev–Trinajstić information content (AvgIpc) is 2.98. The van der Waals surface area contributed by atoms with Crippen LogP contribution in [0.1, 0.15) is 43.7 Å². The minimum Gasteiger partial charge on any atom is -0.481 e. The van der Waals surface area contributed by atoms with E-state index in [2.05, 4.69) is 13.8 Å². The fourth-order valence-corrected chi connectivity index (χ4v) is 1.94. The molecule has 1 aliphatic carbocycles. The molecular weight excluding hydrogens is 188 g/mol. The van der Waals surface area contributed by atoms with Crippen LogP contribution in [0, 0.1) is 0 Å². The predicted molar refractivity (Wildman–Crippen MR) is 59.1 cm³/mol. The fraction of sp³-hybridized carbons (Fsp3) is 0.462. The predicted octanol–water partition coefficient (Wildman–Crippen LogP) is 2.93. The van der Waals surface area contributed by atoms with Gasteiger partial charge in [-0.1, -0.05) is 38.1 Å². The van der Waals surface area contributed by atoms with E-state index in [-0.39, 0.29) is 0 Å². The normalized spacial score (nSPS) is 17.8. The summed E-state index contributed by atoms with van der Waals surface area (Å²) in [4.78, 5) is 11.1. The van der Waals surface area contributed by atoms with E-state index in [0.29, 0.717) is 5.92 Å². The lowest BCUT2D eigenvalue weighted by atomic mass is 9.93. The van der Waals surface area contributed by atoms with Crippen LogP contribution in [-0.2, 0) is 10.2 Å². The largest absolute Gasteiger partial charge is 0.481 e. The van der Waals surface area contributed by atoms with Crippen LogP contribution < -0.4 is 0 Å². The van der Waals surface area contributed by atoms with Crippen LogP contribution >= 0.6 is 0 Å². The molecule has 80 valence electrons. The molecule has 0 aliphatic heterocycles. The highest BCUT2D eigenvalue weighted by atomic mass is 16.4. The molecule has 2 nitrogen and oxygen atoms in total. The van der Waals surface area contributed by atoms with Crippen molar-refractivity contribution >= 4 is 5.97 Å². The van der Waals surface area contributed by atoms with E-state index in [1.165, 1.54) is 5.56 Å². The van der Waals surface area contributed by atoms with Gasteiger partial charge in [-0.15, -0.1) is 0 Å². The SMILES string of the molecule is CC(C)c1ccc(C2(C(=O)O)CC2)cc1. The third-order valence-corrected chi connectivity index (χ3v) is 3.29. The van der Waals surface area contributed by atoms with Crippen molar-refractivity contribution < 1.29 is 9.90 Å². The summed E-state index contributed by atoms with van der Waals surface area (Å²) in [5.74, 6) is -0.182. The molecule has 1 saturated carbocycles. The Kier molecular flexibility index (Phi) is 2.29. The molecular formula is C13H16O2. The molecule has 0 saturated heterocycles. The molecule has 1 aromatic rings. The maximum absolute atomic E-state index is 11.1. The standard InChI is InChI=1S/C13H16O2/c1-9(2)10-3-5-11(6-4-10)13(7-8-13)12(14)15/h3-6,9H,7-8H2,1-2H3,(H,14,15). The molecule has 0 heterocycles. The summed E-state index contributed by atoms with van der Waals surface area (Å²) in [6.45, 7) is 4.28. The third kappa shape index (κ3) is 1.65. The van der Waals surface area contributed by atoms with Crippen LogP contribution in [-0.4, -0.2) is 11.1 Å². The number of rotatable bonds is 3. The second kappa shape index (κ2) is 3.37. The smallest absolute Gasteiger partial charge is 0.314 e. The van der Waals surface area contributed by atoms with Gasteiger partial charge in [0, 0.05) is 0 Å². The molecule has 0 radical (unpaired) electrons. The van der Waals surface area contributed by atoms with Crippen molar-refractivity contribution in [3.8, 4) is 0 Å². The molecule has 1 aromatic carbocycles. The molecule has 0 bridgehead atoms. The highest BCUT2D eigenvalue weighted by molar-refractivity contribution is 5.84. The Balaban J connectivity index is 2.28. The monoisotopic (exact) mass is 204 g/mol. The minimum absolute atomic E-state index is 0.499. The second-order valence-electron chi connectivity index (χ2n) is 4.66. The Morgan fingerprint density at radius 1 is 1.27 bits per heavy atom. The van der Waals surface area contributed by atoms with E-state index in [1.807, 2.05) is 24.3 Å². The molecule has 1 fully saturated rings. The molecule has 0 unspecified atom stereocenters. The van der Waals surface area contributed by atoms with Gasteiger partial charge >= 0.3 is 5.97 Å². The number of aliphatic carboxylic acids is 1. The number of carboxylic acids is 1. The van der Waals surface area contributed by atoms with Crippen molar-refractivity contribution in [1.82, 2.24) is 0 Å². The Morgan fingerprint density at radius 3 is 2.13 bits per heavy atom. The van der Waals surface area contributed by atoms with Crippen LogP contribution in [0.4, 0.5) is 0 Å². The molecule has 0 aromatic heterocycles. The van der Waals surface area contributed by atoms with Gasteiger partial charge in [0.25, 0.3) is 0 Å². The van der Waals surface area contributed by atoms with Gasteiger partial charge in [0.2, 0.25) is 0 Å². The second-order valence-corrected chi connectivity index (χ2v) is 4.66. The molecule has 0 spiro atoms. The van der Waals surface area contributed by atoms with Crippen molar-refractivity contribution in [2.24, 2.45) is 0 Å². The molecule has 1 N–H and O–H groups in total. The number of carbonyl (C=O) groups is 1. The van der Waals surface area contributed by atoms with Crippen molar-refractivity contribution in [3.63, 3.8) is 0 Å². The van der Waals surface area contributed by atoms with E-state index in [9.17, 15) is 4.79 Å². The number of benzene rings is 1. The molecule has 15 heavy (non-hydrogen) atoms. The van der Waals surface area contributed by atoms with Crippen molar-refractivity contribution in [1.29, 1.82) is 0 Å². The van der Waals surface area contributed by atoms with E-state index >= 15 is 0 Å². The Labute approximate surface area is 89.9 Å². The minimum atomic E-state index is -0.681. The zero-order valence-electron chi connectivity index (χ0n) is 9.16. The van der Waals surface area contributed by atoms with Crippen LogP contribution in [0.15, 0.2) is 24.3 Å². The van der Waals surface area contributed by atoms with Gasteiger partial charge in [0.05, 0.1) is 5.41 Å². The quantitative estimate of drug-likeness (QED) is 0.822. The summed E-state index contributed by atoms with van der Waals surface area (Å²) >= 11 is 0. The maximum Gasteiger partial charge on any atom is 0.314 e. The Morgan fingerprint density at radius 2 is 1.80 bits per heavy atom. The first-order chi connectivity index (χ1) is 7.06. The van der Waals surface area contributed by atoms with Gasteiger partial charge in [0.1, 0.15) is 0 Å². The first-order valence-electron chi connectivity index (χ1n) is 5.40. The number of hydrogen-bond donors (Lipinski definition) is 1. The van der Waals surface area contributed by atoms with Gasteiger partial charge in [-0.3, -0.25) is 4.79 Å². The lowest BCUT2D eigenvalue weighted by molar-refractivity contribution is -0.140. The molecule has 0 amide bonds. The average molecular weight is 204 g/mol. The number of hydrogen-bond acceptors (Lipinski definition) is 1. The summed E-state index contributed by atoms with van der Waals surface area (Å²) in [7, 11) is 0. The Hall–Kier alpha value is -1.31. The zero-order valence-corrected chi connectivity index (χ0v) is 9.16. The maximum atomic E-state index is 11.1. The van der Waals surface area contributed by atoms with Gasteiger partial charge < -0.3 is 5.11 Å². The summed E-state index contributed by atoms with van der Waals surface area (Å²) in [5.41, 5.74) is 1.66. The van der Waals surface area contributed by atoms with Crippen LogP contribution in [0.5, 0.6) is 0 Å². The lowest BCUT2D eigenvalue weighted by Crippen LogP contribution is -2.19. The third-order valence-electron chi connectivity index (χ3n) is 3.29. The Bertz CT molecular complexity index is 372. The molecule has 0 atom stereocenters. The van der Waals surface area contributed by atoms with Crippen molar-refractivity contribution in [2.75, 3.05) is 0 Å². The summed E-state index contributed by atoms with van der Waals surface area (Å²) in [6, 6.07) is 8.03. The highest BCUT2D eigenvalue weighted by Crippen LogP contribution is 2.48. The highest BCUT2D eigenvalue weighted by Gasteiger charge is 2.51. The van der Waals surface area contributed by atoms with E-state index in [4.69, 9.17) is 5.11 Å². The van der Waals surface area contributed by atoms with Crippen molar-refractivity contribution in [2.45, 2.75) is 38.0 Å². The molecule has 2 heteroatoms. The van der Waals surface area contributed by atoms with Gasteiger partial charge in [0.15, 0.2) is 0 Å². The fourth-order valence-electron chi connectivity index (χ4n) is 1.94. The first-order valence-corrected chi connectivity index (χ1v) is 5.40. The topological polar surface area (TPSA) is 37.3 Å². The lowest BCUT2D eigenvalue weighted by Gasteiger charge is -2.12. The van der Waals surface area contributed by atoms with Crippen LogP contribution in [0.3, 0.4) is 0 Å².